The molecule has 254 valence electrons. The van der Waals surface area contributed by atoms with Crippen molar-refractivity contribution in [3.8, 4) is 22.9 Å². The second kappa shape index (κ2) is 12.3. The SMILES string of the molecule is CC1(c2ccc(Cl)cc2F)Oc2cccc(C3CCN(Cc4ncc(-c5nnc(C(F)(F)F)[nH]5)cc4CC4CCCS4(=O)=O)CC3)c2O1. The van der Waals surface area contributed by atoms with Crippen molar-refractivity contribution in [2.75, 3.05) is 18.8 Å². The second-order valence-electron chi connectivity index (χ2n) is 12.7. The Bertz CT molecular complexity index is 1970. The van der Waals surface area contributed by atoms with Gasteiger partial charge in [-0.2, -0.15) is 13.2 Å². The van der Waals surface area contributed by atoms with Crippen LogP contribution in [-0.4, -0.2) is 57.6 Å². The van der Waals surface area contributed by atoms with E-state index in [1.165, 1.54) is 12.3 Å². The Labute approximate surface area is 279 Å². The van der Waals surface area contributed by atoms with E-state index in [-0.39, 0.29) is 34.5 Å². The average molecular weight is 706 g/mol. The first-order valence-electron chi connectivity index (χ1n) is 15.7. The fraction of sp³-hybridized carbons (Fsp3) is 0.424. The van der Waals surface area contributed by atoms with E-state index in [1.54, 1.807) is 31.2 Å². The smallest absolute Gasteiger partial charge is 0.444 e. The van der Waals surface area contributed by atoms with Crippen molar-refractivity contribution in [1.82, 2.24) is 25.1 Å². The molecule has 4 aromatic rings. The van der Waals surface area contributed by atoms with Crippen LogP contribution in [0, 0.1) is 5.82 Å². The van der Waals surface area contributed by atoms with Crippen LogP contribution in [0.2, 0.25) is 5.02 Å². The van der Waals surface area contributed by atoms with Crippen molar-refractivity contribution >= 4 is 21.4 Å². The van der Waals surface area contributed by atoms with Gasteiger partial charge in [-0.1, -0.05) is 23.7 Å². The van der Waals surface area contributed by atoms with Crippen molar-refractivity contribution in [3.63, 3.8) is 0 Å². The van der Waals surface area contributed by atoms with Gasteiger partial charge in [0.15, 0.2) is 27.2 Å². The summed E-state index contributed by atoms with van der Waals surface area (Å²) in [6, 6.07) is 11.8. The molecule has 2 aromatic carbocycles. The van der Waals surface area contributed by atoms with Gasteiger partial charge >= 0.3 is 6.18 Å². The number of aromatic nitrogens is 4. The number of fused-ring (bicyclic) bond motifs is 1. The predicted octanol–water partition coefficient (Wildman–Crippen LogP) is 6.82. The van der Waals surface area contributed by atoms with E-state index in [0.717, 1.165) is 18.4 Å². The Morgan fingerprint density at radius 3 is 2.56 bits per heavy atom. The van der Waals surface area contributed by atoms with E-state index in [0.29, 0.717) is 60.8 Å². The lowest BCUT2D eigenvalue weighted by Crippen LogP contribution is -2.34. The van der Waals surface area contributed by atoms with E-state index >= 15 is 0 Å². The number of hydrogen-bond donors (Lipinski definition) is 1. The number of aromatic amines is 1. The lowest BCUT2D eigenvalue weighted by atomic mass is 9.88. The minimum Gasteiger partial charge on any atom is -0.444 e. The van der Waals surface area contributed by atoms with Crippen LogP contribution in [0.1, 0.15) is 66.7 Å². The molecule has 5 heterocycles. The number of benzene rings is 2. The molecular formula is C33H32ClF4N5O4S. The van der Waals surface area contributed by atoms with Crippen LogP contribution in [0.15, 0.2) is 48.7 Å². The maximum atomic E-state index is 14.8. The van der Waals surface area contributed by atoms with Gasteiger partial charge in [0.05, 0.1) is 22.3 Å². The number of nitrogens with zero attached hydrogens (tertiary/aromatic N) is 4. The first-order chi connectivity index (χ1) is 22.8. The molecule has 9 nitrogen and oxygen atoms in total. The van der Waals surface area contributed by atoms with Gasteiger partial charge in [0, 0.05) is 35.8 Å². The van der Waals surface area contributed by atoms with Crippen LogP contribution in [0.4, 0.5) is 17.6 Å². The minimum absolute atomic E-state index is 0.0887. The number of H-pyrrole nitrogens is 1. The molecule has 0 amide bonds. The normalized spacial score (nSPS) is 22.8. The first-order valence-corrected chi connectivity index (χ1v) is 17.8. The monoisotopic (exact) mass is 705 g/mol. The Balaban J connectivity index is 1.08. The molecule has 2 atom stereocenters. The van der Waals surface area contributed by atoms with Crippen molar-refractivity contribution < 1.29 is 35.5 Å². The number of alkyl halides is 3. The van der Waals surface area contributed by atoms with Gasteiger partial charge in [0.1, 0.15) is 5.82 Å². The predicted molar refractivity (Wildman–Crippen MR) is 169 cm³/mol. The summed E-state index contributed by atoms with van der Waals surface area (Å²) < 4.78 is 92.2. The van der Waals surface area contributed by atoms with Crippen molar-refractivity contribution in [2.45, 2.75) is 68.7 Å². The number of nitrogens with one attached hydrogen (secondary N) is 1. The Morgan fingerprint density at radius 2 is 1.88 bits per heavy atom. The zero-order chi connectivity index (χ0) is 33.8. The molecule has 0 radical (unpaired) electrons. The molecule has 48 heavy (non-hydrogen) atoms. The highest BCUT2D eigenvalue weighted by Crippen LogP contribution is 2.50. The molecule has 2 saturated heterocycles. The summed E-state index contributed by atoms with van der Waals surface area (Å²) in [5.41, 5.74) is 2.86. The first kappa shape index (κ1) is 32.8. The fourth-order valence-electron chi connectivity index (χ4n) is 6.89. The topological polar surface area (TPSA) is 110 Å². The van der Waals surface area contributed by atoms with Crippen LogP contribution in [-0.2, 0) is 34.8 Å². The number of rotatable bonds is 7. The number of piperidine rings is 1. The van der Waals surface area contributed by atoms with Crippen LogP contribution >= 0.6 is 11.6 Å². The Hall–Kier alpha value is -3.75. The highest BCUT2D eigenvalue weighted by molar-refractivity contribution is 7.92. The molecule has 2 aromatic heterocycles. The Kier molecular flexibility index (Phi) is 8.39. The third-order valence-corrected chi connectivity index (χ3v) is 11.9. The molecule has 1 N–H and O–H groups in total. The molecule has 2 fully saturated rings. The average Bonchev–Trinajstić information content (AvgIpc) is 3.75. The summed E-state index contributed by atoms with van der Waals surface area (Å²) in [7, 11) is -3.28. The zero-order valence-corrected chi connectivity index (χ0v) is 27.4. The van der Waals surface area contributed by atoms with Gasteiger partial charge in [-0.3, -0.25) is 9.88 Å². The van der Waals surface area contributed by atoms with Gasteiger partial charge in [-0.25, -0.2) is 12.8 Å². The number of para-hydroxylation sites is 1. The molecule has 0 aliphatic carbocycles. The van der Waals surface area contributed by atoms with E-state index < -0.39 is 38.7 Å². The third kappa shape index (κ3) is 6.37. The third-order valence-electron chi connectivity index (χ3n) is 9.43. The number of halogens is 5. The van der Waals surface area contributed by atoms with Crippen molar-refractivity contribution in [3.05, 3.63) is 87.7 Å². The van der Waals surface area contributed by atoms with Crippen LogP contribution in [0.25, 0.3) is 11.4 Å². The van der Waals surface area contributed by atoms with Crippen LogP contribution < -0.4 is 9.47 Å². The Morgan fingerprint density at radius 1 is 1.08 bits per heavy atom. The molecule has 0 saturated carbocycles. The van der Waals surface area contributed by atoms with Crippen molar-refractivity contribution in [2.24, 2.45) is 0 Å². The molecule has 2 unspecified atom stereocenters. The standard InChI is InChI=1S/C33H32ClF4N5O4S/c1-32(25-8-7-22(34)16-26(25)35)46-28-6-2-5-24(29(28)47-32)19-9-11-43(12-10-19)18-27-20(15-23-4-3-13-48(23,44)45)14-21(17-39-27)30-40-31(42-41-30)33(36,37)38/h2,5-8,14,16-17,19,23H,3-4,9-13,15,18H2,1H3,(H,40,41,42). The summed E-state index contributed by atoms with van der Waals surface area (Å²) >= 11 is 5.96. The van der Waals surface area contributed by atoms with E-state index in [4.69, 9.17) is 21.1 Å². The quantitative estimate of drug-likeness (QED) is 0.209. The zero-order valence-electron chi connectivity index (χ0n) is 25.9. The number of likely N-dealkylation sites (tertiary alicyclic amines) is 1. The highest BCUT2D eigenvalue weighted by atomic mass is 35.5. The van der Waals surface area contributed by atoms with E-state index in [2.05, 4.69) is 25.1 Å². The van der Waals surface area contributed by atoms with Gasteiger partial charge in [-0.05, 0) is 87.0 Å². The van der Waals surface area contributed by atoms with E-state index in [9.17, 15) is 26.0 Å². The second-order valence-corrected chi connectivity index (χ2v) is 15.5. The van der Waals surface area contributed by atoms with Crippen molar-refractivity contribution in [1.29, 1.82) is 0 Å². The highest BCUT2D eigenvalue weighted by Gasteiger charge is 2.43. The summed E-state index contributed by atoms with van der Waals surface area (Å²) in [6.45, 7) is 3.54. The van der Waals surface area contributed by atoms with Gasteiger partial charge in [0.25, 0.3) is 5.79 Å². The number of pyridine rings is 1. The fourth-order valence-corrected chi connectivity index (χ4v) is 8.91. The molecule has 7 rings (SSSR count). The largest absolute Gasteiger partial charge is 0.451 e. The van der Waals surface area contributed by atoms with E-state index in [1.807, 2.05) is 12.1 Å². The number of ether oxygens (including phenoxy) is 2. The lowest BCUT2D eigenvalue weighted by molar-refractivity contribution is -0.144. The van der Waals surface area contributed by atoms with Crippen LogP contribution in [0.3, 0.4) is 0 Å². The van der Waals surface area contributed by atoms with Gasteiger partial charge in [-0.15, -0.1) is 10.2 Å². The lowest BCUT2D eigenvalue weighted by Gasteiger charge is -2.33. The molecular weight excluding hydrogens is 674 g/mol. The van der Waals surface area contributed by atoms with Gasteiger partial charge in [0.2, 0.25) is 5.82 Å². The maximum Gasteiger partial charge on any atom is 0.451 e. The maximum absolute atomic E-state index is 14.8. The summed E-state index contributed by atoms with van der Waals surface area (Å²) in [5.74, 6) is -1.79. The summed E-state index contributed by atoms with van der Waals surface area (Å²) in [6.07, 6.45) is -0.349. The molecule has 15 heteroatoms. The minimum atomic E-state index is -4.68. The summed E-state index contributed by atoms with van der Waals surface area (Å²) in [4.78, 5) is 9.05. The molecule has 0 bridgehead atoms. The molecule has 3 aliphatic rings. The summed E-state index contributed by atoms with van der Waals surface area (Å²) in [5, 5.41) is 6.58. The number of hydrogen-bond acceptors (Lipinski definition) is 8. The van der Waals surface area contributed by atoms with Gasteiger partial charge < -0.3 is 14.5 Å². The van der Waals surface area contributed by atoms with Crippen LogP contribution in [0.5, 0.6) is 11.5 Å². The molecule has 3 aliphatic heterocycles. The number of sulfone groups is 1. The molecule has 0 spiro atoms.